The molecule has 28 heavy (non-hydrogen) atoms. The van der Waals surface area contributed by atoms with Crippen LogP contribution in [-0.2, 0) is 6.54 Å². The van der Waals surface area contributed by atoms with Gasteiger partial charge in [-0.1, -0.05) is 31.0 Å². The molecule has 5 rings (SSSR count). The van der Waals surface area contributed by atoms with E-state index in [-0.39, 0.29) is 5.91 Å². The summed E-state index contributed by atoms with van der Waals surface area (Å²) in [5.41, 5.74) is 11.1. The number of methoxy groups -OCH3 is 1. The third-order valence-electron chi connectivity index (χ3n) is 5.95. The molecular weight excluding hydrogens is 352 g/mol. The Morgan fingerprint density at radius 3 is 2.71 bits per heavy atom. The molecule has 142 valence electrons. The van der Waals surface area contributed by atoms with Crippen molar-refractivity contribution in [1.29, 1.82) is 0 Å². The average Bonchev–Trinajstić information content (AvgIpc) is 3.36. The zero-order chi connectivity index (χ0) is 19.3. The minimum atomic E-state index is 0.0327. The van der Waals surface area contributed by atoms with Crippen molar-refractivity contribution in [1.82, 2.24) is 14.9 Å². The summed E-state index contributed by atoms with van der Waals surface area (Å²) in [6.45, 7) is 0.550. The number of anilines is 1. The molecule has 6 nitrogen and oxygen atoms in total. The van der Waals surface area contributed by atoms with Gasteiger partial charge in [-0.2, -0.15) is 0 Å². The summed E-state index contributed by atoms with van der Waals surface area (Å²) in [5.74, 6) is 0.598. The first-order valence-electron chi connectivity index (χ1n) is 9.70. The molecule has 2 aromatic heterocycles. The number of benzene rings is 1. The lowest BCUT2D eigenvalue weighted by molar-refractivity contribution is 0.0707. The fourth-order valence-corrected chi connectivity index (χ4v) is 4.50. The number of nitrogen functional groups attached to an aromatic ring is 1. The van der Waals surface area contributed by atoms with Gasteiger partial charge in [0, 0.05) is 34.8 Å². The van der Waals surface area contributed by atoms with Crippen molar-refractivity contribution in [3.8, 4) is 17.0 Å². The highest BCUT2D eigenvalue weighted by Gasteiger charge is 2.37. The Morgan fingerprint density at radius 1 is 1.18 bits per heavy atom. The molecule has 0 atom stereocenters. The molecule has 1 fully saturated rings. The number of fused-ring (bicyclic) bond motifs is 2. The number of amides is 1. The Morgan fingerprint density at radius 2 is 2.00 bits per heavy atom. The highest BCUT2D eigenvalue weighted by Crippen LogP contribution is 2.38. The largest absolute Gasteiger partial charge is 0.481 e. The molecule has 3 aromatic rings. The van der Waals surface area contributed by atoms with Gasteiger partial charge in [0.1, 0.15) is 0 Å². The molecule has 2 aliphatic rings. The van der Waals surface area contributed by atoms with Gasteiger partial charge in [-0.3, -0.25) is 4.79 Å². The second kappa shape index (κ2) is 6.48. The van der Waals surface area contributed by atoms with Crippen molar-refractivity contribution in [2.75, 3.05) is 12.8 Å². The second-order valence-electron chi connectivity index (χ2n) is 7.51. The van der Waals surface area contributed by atoms with Crippen LogP contribution in [0.5, 0.6) is 5.88 Å². The van der Waals surface area contributed by atoms with Crippen molar-refractivity contribution in [2.24, 2.45) is 0 Å². The highest BCUT2D eigenvalue weighted by atomic mass is 16.5. The van der Waals surface area contributed by atoms with E-state index >= 15 is 0 Å². The summed E-state index contributed by atoms with van der Waals surface area (Å²) in [4.78, 5) is 24.2. The van der Waals surface area contributed by atoms with Crippen molar-refractivity contribution in [3.05, 3.63) is 47.8 Å². The van der Waals surface area contributed by atoms with Crippen LogP contribution in [-0.4, -0.2) is 33.9 Å². The number of para-hydroxylation sites is 1. The Bertz CT molecular complexity index is 1070. The Labute approximate surface area is 163 Å². The summed E-state index contributed by atoms with van der Waals surface area (Å²) >= 11 is 0. The van der Waals surface area contributed by atoms with Gasteiger partial charge < -0.3 is 15.4 Å². The van der Waals surface area contributed by atoms with Crippen LogP contribution in [0.3, 0.4) is 0 Å². The van der Waals surface area contributed by atoms with Crippen LogP contribution in [0.25, 0.3) is 22.0 Å². The fourth-order valence-electron chi connectivity index (χ4n) is 4.50. The quantitative estimate of drug-likeness (QED) is 0.754. The molecule has 1 aliphatic carbocycles. The van der Waals surface area contributed by atoms with Gasteiger partial charge >= 0.3 is 0 Å². The molecule has 1 saturated carbocycles. The fraction of sp³-hybridized carbons (Fsp3) is 0.318. The van der Waals surface area contributed by atoms with E-state index in [0.717, 1.165) is 40.6 Å². The van der Waals surface area contributed by atoms with Crippen LogP contribution in [0.2, 0.25) is 0 Å². The summed E-state index contributed by atoms with van der Waals surface area (Å²) in [6, 6.07) is 9.99. The van der Waals surface area contributed by atoms with Crippen molar-refractivity contribution in [2.45, 2.75) is 38.3 Å². The number of pyridine rings is 2. The maximum Gasteiger partial charge on any atom is 0.258 e. The Hall–Kier alpha value is -3.15. The van der Waals surface area contributed by atoms with Gasteiger partial charge in [-0.05, 0) is 18.9 Å². The number of hydrogen-bond donors (Lipinski definition) is 1. The molecule has 0 radical (unpaired) electrons. The molecule has 0 bridgehead atoms. The van der Waals surface area contributed by atoms with Crippen LogP contribution in [0.1, 0.15) is 41.7 Å². The first-order chi connectivity index (χ1) is 13.7. The second-order valence-corrected chi connectivity index (χ2v) is 7.51. The zero-order valence-electron chi connectivity index (χ0n) is 15.8. The van der Waals surface area contributed by atoms with Crippen LogP contribution >= 0.6 is 0 Å². The number of carbonyl (C=O) groups is 1. The lowest BCUT2D eigenvalue weighted by Crippen LogP contribution is -2.33. The summed E-state index contributed by atoms with van der Waals surface area (Å²) in [5, 5.41) is 0.814. The van der Waals surface area contributed by atoms with Gasteiger partial charge in [-0.25, -0.2) is 9.97 Å². The van der Waals surface area contributed by atoms with Crippen molar-refractivity contribution >= 4 is 22.5 Å². The Balaban J connectivity index is 1.64. The van der Waals surface area contributed by atoms with Crippen LogP contribution in [0, 0.1) is 0 Å². The van der Waals surface area contributed by atoms with E-state index < -0.39 is 0 Å². The summed E-state index contributed by atoms with van der Waals surface area (Å²) in [7, 11) is 1.60. The normalized spacial score (nSPS) is 16.8. The Kier molecular flexibility index (Phi) is 3.93. The lowest BCUT2D eigenvalue weighted by atomic mass is 10.00. The third kappa shape index (κ3) is 2.52. The smallest absolute Gasteiger partial charge is 0.258 e. The molecule has 3 heterocycles. The number of hydrogen-bond acceptors (Lipinski definition) is 5. The van der Waals surface area contributed by atoms with E-state index in [0.29, 0.717) is 29.7 Å². The maximum atomic E-state index is 13.1. The van der Waals surface area contributed by atoms with Gasteiger partial charge in [0.25, 0.3) is 5.91 Å². The van der Waals surface area contributed by atoms with Crippen LogP contribution in [0.15, 0.2) is 36.5 Å². The first-order valence-corrected chi connectivity index (χ1v) is 9.70. The highest BCUT2D eigenvalue weighted by molar-refractivity contribution is 6.11. The molecular formula is C22H22N4O2. The molecule has 1 amide bonds. The zero-order valence-corrected chi connectivity index (χ0v) is 15.8. The van der Waals surface area contributed by atoms with Crippen LogP contribution < -0.4 is 10.5 Å². The predicted octanol–water partition coefficient (Wildman–Crippen LogP) is 3.79. The van der Waals surface area contributed by atoms with Gasteiger partial charge in [0.05, 0.1) is 36.1 Å². The number of nitrogens with two attached hydrogens (primary N) is 1. The minimum Gasteiger partial charge on any atom is -0.481 e. The summed E-state index contributed by atoms with van der Waals surface area (Å²) < 4.78 is 5.15. The molecule has 0 saturated heterocycles. The van der Waals surface area contributed by atoms with E-state index in [2.05, 4.69) is 4.98 Å². The number of carbonyl (C=O) groups excluding carboxylic acids is 1. The van der Waals surface area contributed by atoms with E-state index in [1.165, 1.54) is 12.8 Å². The number of rotatable bonds is 3. The lowest BCUT2D eigenvalue weighted by Gasteiger charge is -2.23. The third-order valence-corrected chi connectivity index (χ3v) is 5.95. The SMILES string of the molecule is COc1ccc(-c2cccc3c(N)c4c(nc23)CN(C2CCCC2)C4=O)cn1. The average molecular weight is 374 g/mol. The van der Waals surface area contributed by atoms with Gasteiger partial charge in [-0.15, -0.1) is 0 Å². The summed E-state index contributed by atoms with van der Waals surface area (Å²) in [6.07, 6.45) is 6.28. The van der Waals surface area contributed by atoms with E-state index in [9.17, 15) is 4.79 Å². The first kappa shape index (κ1) is 17.0. The molecule has 2 N–H and O–H groups in total. The number of aromatic nitrogens is 2. The van der Waals surface area contributed by atoms with Crippen LogP contribution in [0.4, 0.5) is 5.69 Å². The predicted molar refractivity (Wildman–Crippen MR) is 108 cm³/mol. The topological polar surface area (TPSA) is 81.3 Å². The van der Waals surface area contributed by atoms with Crippen molar-refractivity contribution < 1.29 is 9.53 Å². The van der Waals surface area contributed by atoms with E-state index in [4.69, 9.17) is 15.5 Å². The van der Waals surface area contributed by atoms with E-state index in [1.807, 2.05) is 35.2 Å². The molecule has 0 spiro atoms. The molecule has 6 heteroatoms. The maximum absolute atomic E-state index is 13.1. The minimum absolute atomic E-state index is 0.0327. The monoisotopic (exact) mass is 374 g/mol. The molecule has 0 unspecified atom stereocenters. The standard InChI is InChI=1S/C22H22N4O2/c1-28-18-10-9-13(11-24-18)15-7-4-8-16-20(23)19-17(25-21(15)16)12-26(22(19)27)14-5-2-3-6-14/h4,7-11,14H,2-3,5-6,12H2,1H3,(H2,23,25). The number of nitrogens with zero attached hydrogens (tertiary/aromatic N) is 3. The van der Waals surface area contributed by atoms with Gasteiger partial charge in [0.2, 0.25) is 5.88 Å². The molecule has 1 aliphatic heterocycles. The van der Waals surface area contributed by atoms with Crippen molar-refractivity contribution in [3.63, 3.8) is 0 Å². The van der Waals surface area contributed by atoms with Gasteiger partial charge in [0.15, 0.2) is 0 Å². The van der Waals surface area contributed by atoms with E-state index in [1.54, 1.807) is 13.3 Å². The number of ether oxygens (including phenoxy) is 1. The molecule has 1 aromatic carbocycles.